The van der Waals surface area contributed by atoms with Crippen molar-refractivity contribution in [1.82, 2.24) is 4.98 Å². The minimum Gasteiger partial charge on any atom is -0.618 e. The molecule has 4 aromatic rings. The van der Waals surface area contributed by atoms with Crippen LogP contribution >= 0.6 is 0 Å². The van der Waals surface area contributed by atoms with Crippen LogP contribution in [0.25, 0.3) is 22.5 Å². The molecule has 0 atom stereocenters. The Bertz CT molecular complexity index is 1130. The van der Waals surface area contributed by atoms with Crippen LogP contribution in [0.15, 0.2) is 84.9 Å². The molecule has 0 saturated carbocycles. The van der Waals surface area contributed by atoms with E-state index < -0.39 is 0 Å². The van der Waals surface area contributed by atoms with E-state index in [4.69, 9.17) is 4.98 Å². The van der Waals surface area contributed by atoms with E-state index in [1.807, 2.05) is 61.5 Å². The summed E-state index contributed by atoms with van der Waals surface area (Å²) >= 11 is 0. The van der Waals surface area contributed by atoms with Gasteiger partial charge in [-0.15, -0.1) is 0 Å². The highest BCUT2D eigenvalue weighted by molar-refractivity contribution is 5.69. The van der Waals surface area contributed by atoms with Gasteiger partial charge >= 0.3 is 0 Å². The smallest absolute Gasteiger partial charge is 0.245 e. The van der Waals surface area contributed by atoms with E-state index in [1.54, 1.807) is 18.2 Å². The van der Waals surface area contributed by atoms with Gasteiger partial charge in [-0.3, -0.25) is 0 Å². The monoisotopic (exact) mass is 382 g/mol. The number of para-hydroxylation sites is 1. The molecular formula is C25H22N2O2. The lowest BCUT2D eigenvalue weighted by atomic mass is 10.0. The summed E-state index contributed by atoms with van der Waals surface area (Å²) in [5.41, 5.74) is 4.82. The SMILES string of the molecule is Cc1nc(-c2ccccc2O)c(CCc2ccccc2)[n+]([O-])c1-c1ccccc1. The molecule has 0 amide bonds. The van der Waals surface area contributed by atoms with E-state index in [9.17, 15) is 10.3 Å². The Morgan fingerprint density at radius 1 is 0.828 bits per heavy atom. The van der Waals surface area contributed by atoms with Gasteiger partial charge in [-0.1, -0.05) is 60.7 Å². The highest BCUT2D eigenvalue weighted by atomic mass is 16.5. The van der Waals surface area contributed by atoms with E-state index in [-0.39, 0.29) is 5.75 Å². The molecule has 0 fully saturated rings. The van der Waals surface area contributed by atoms with E-state index in [2.05, 4.69) is 12.1 Å². The molecule has 0 saturated heterocycles. The van der Waals surface area contributed by atoms with Crippen LogP contribution in [0.4, 0.5) is 0 Å². The Morgan fingerprint density at radius 3 is 2.14 bits per heavy atom. The average molecular weight is 382 g/mol. The molecule has 0 aliphatic carbocycles. The third-order valence-corrected chi connectivity index (χ3v) is 5.04. The largest absolute Gasteiger partial charge is 0.618 e. The number of rotatable bonds is 5. The summed E-state index contributed by atoms with van der Waals surface area (Å²) in [5.74, 6) is 0.118. The Balaban J connectivity index is 1.87. The Hall–Kier alpha value is -3.66. The summed E-state index contributed by atoms with van der Waals surface area (Å²) in [6.45, 7) is 1.83. The van der Waals surface area contributed by atoms with Crippen molar-refractivity contribution < 1.29 is 9.84 Å². The lowest BCUT2D eigenvalue weighted by Crippen LogP contribution is -2.37. The Labute approximate surface area is 170 Å². The Kier molecular flexibility index (Phi) is 5.25. The molecule has 1 aromatic heterocycles. The van der Waals surface area contributed by atoms with Crippen LogP contribution in [0.5, 0.6) is 5.75 Å². The number of aryl methyl sites for hydroxylation is 2. The third-order valence-electron chi connectivity index (χ3n) is 5.04. The maximum Gasteiger partial charge on any atom is 0.245 e. The first-order valence-corrected chi connectivity index (χ1v) is 9.66. The minimum absolute atomic E-state index is 0.118. The normalized spacial score (nSPS) is 10.8. The molecule has 4 nitrogen and oxygen atoms in total. The number of benzene rings is 3. The second kappa shape index (κ2) is 8.15. The summed E-state index contributed by atoms with van der Waals surface area (Å²) in [6, 6.07) is 26.7. The maximum absolute atomic E-state index is 13.5. The first kappa shape index (κ1) is 18.7. The minimum atomic E-state index is 0.118. The van der Waals surface area contributed by atoms with Gasteiger partial charge in [0.25, 0.3) is 0 Å². The number of aromatic nitrogens is 2. The van der Waals surface area contributed by atoms with Crippen molar-refractivity contribution in [3.05, 3.63) is 107 Å². The second-order valence-electron chi connectivity index (χ2n) is 7.00. The van der Waals surface area contributed by atoms with Crippen molar-refractivity contribution in [3.8, 4) is 28.3 Å². The molecular weight excluding hydrogens is 360 g/mol. The van der Waals surface area contributed by atoms with Gasteiger partial charge in [-0.2, -0.15) is 4.73 Å². The number of hydrogen-bond acceptors (Lipinski definition) is 3. The molecule has 0 aliphatic heterocycles. The van der Waals surface area contributed by atoms with E-state index in [0.717, 1.165) is 15.9 Å². The standard InChI is InChI=1S/C25H22N2O2/c1-18-25(20-12-6-3-7-13-20)27(29)22(17-16-19-10-4-2-5-11-19)24(26-18)21-14-8-9-15-23(21)28/h2-15,28H,16-17H2,1H3. The fourth-order valence-corrected chi connectivity index (χ4v) is 3.60. The highest BCUT2D eigenvalue weighted by Crippen LogP contribution is 2.31. The molecule has 29 heavy (non-hydrogen) atoms. The number of phenolic OH excluding ortho intramolecular Hbond substituents is 1. The highest BCUT2D eigenvalue weighted by Gasteiger charge is 2.25. The van der Waals surface area contributed by atoms with Gasteiger partial charge in [0.1, 0.15) is 17.1 Å². The molecule has 0 unspecified atom stereocenters. The molecule has 1 N–H and O–H groups in total. The van der Waals surface area contributed by atoms with E-state index in [1.165, 1.54) is 0 Å². The fourth-order valence-electron chi connectivity index (χ4n) is 3.60. The molecule has 144 valence electrons. The van der Waals surface area contributed by atoms with Gasteiger partial charge in [0, 0.05) is 17.5 Å². The average Bonchev–Trinajstić information content (AvgIpc) is 2.75. The zero-order valence-corrected chi connectivity index (χ0v) is 16.2. The van der Waals surface area contributed by atoms with Crippen LogP contribution in [0.3, 0.4) is 0 Å². The fraction of sp³-hybridized carbons (Fsp3) is 0.120. The summed E-state index contributed by atoms with van der Waals surface area (Å²) in [6.07, 6.45) is 1.23. The molecule has 3 aromatic carbocycles. The van der Waals surface area contributed by atoms with Crippen LogP contribution < -0.4 is 4.73 Å². The zero-order chi connectivity index (χ0) is 20.2. The van der Waals surface area contributed by atoms with Crippen LogP contribution in [-0.2, 0) is 12.8 Å². The molecule has 0 bridgehead atoms. The number of hydrogen-bond donors (Lipinski definition) is 1. The van der Waals surface area contributed by atoms with Crippen molar-refractivity contribution >= 4 is 0 Å². The van der Waals surface area contributed by atoms with Crippen molar-refractivity contribution in [3.63, 3.8) is 0 Å². The predicted octanol–water partition coefficient (Wildman–Crippen LogP) is 4.85. The summed E-state index contributed by atoms with van der Waals surface area (Å²) < 4.78 is 0.988. The summed E-state index contributed by atoms with van der Waals surface area (Å²) in [4.78, 5) is 4.77. The molecule has 4 rings (SSSR count). The van der Waals surface area contributed by atoms with Crippen LogP contribution in [-0.4, -0.2) is 10.1 Å². The van der Waals surface area contributed by atoms with Gasteiger partial charge in [0.05, 0.1) is 0 Å². The summed E-state index contributed by atoms with van der Waals surface area (Å²) in [7, 11) is 0. The topological polar surface area (TPSA) is 60.1 Å². The summed E-state index contributed by atoms with van der Waals surface area (Å²) in [5, 5.41) is 23.9. The predicted molar refractivity (Wildman–Crippen MR) is 114 cm³/mol. The number of nitrogens with zero attached hydrogens (tertiary/aromatic N) is 2. The van der Waals surface area contributed by atoms with Crippen LogP contribution in [0.2, 0.25) is 0 Å². The quantitative estimate of drug-likeness (QED) is 0.397. The van der Waals surface area contributed by atoms with E-state index in [0.29, 0.717) is 41.2 Å². The van der Waals surface area contributed by atoms with E-state index >= 15 is 0 Å². The molecule has 0 radical (unpaired) electrons. The van der Waals surface area contributed by atoms with Crippen molar-refractivity contribution in [1.29, 1.82) is 0 Å². The first-order chi connectivity index (χ1) is 14.1. The van der Waals surface area contributed by atoms with Gasteiger partial charge < -0.3 is 10.3 Å². The van der Waals surface area contributed by atoms with Crippen molar-refractivity contribution in [2.24, 2.45) is 0 Å². The first-order valence-electron chi connectivity index (χ1n) is 9.66. The number of aromatic hydroxyl groups is 1. The molecule has 4 heteroatoms. The molecule has 0 aliphatic rings. The van der Waals surface area contributed by atoms with Gasteiger partial charge in [0.15, 0.2) is 0 Å². The molecule has 1 heterocycles. The lowest BCUT2D eigenvalue weighted by Gasteiger charge is -2.16. The Morgan fingerprint density at radius 2 is 1.45 bits per heavy atom. The van der Waals surface area contributed by atoms with Gasteiger partial charge in [0.2, 0.25) is 11.4 Å². The maximum atomic E-state index is 13.5. The zero-order valence-electron chi connectivity index (χ0n) is 16.2. The van der Waals surface area contributed by atoms with Crippen LogP contribution in [0.1, 0.15) is 17.0 Å². The lowest BCUT2D eigenvalue weighted by molar-refractivity contribution is -0.602. The third kappa shape index (κ3) is 3.83. The van der Waals surface area contributed by atoms with Gasteiger partial charge in [-0.25, -0.2) is 4.98 Å². The van der Waals surface area contributed by atoms with Crippen molar-refractivity contribution in [2.75, 3.05) is 0 Å². The second-order valence-corrected chi connectivity index (χ2v) is 7.00. The number of phenols is 1. The molecule has 0 spiro atoms. The van der Waals surface area contributed by atoms with Crippen molar-refractivity contribution in [2.45, 2.75) is 19.8 Å². The van der Waals surface area contributed by atoms with Gasteiger partial charge in [-0.05, 0) is 43.2 Å². The van der Waals surface area contributed by atoms with Crippen LogP contribution in [0, 0.1) is 12.1 Å².